The van der Waals surface area contributed by atoms with Crippen LogP contribution in [0.5, 0.6) is 0 Å². The van der Waals surface area contributed by atoms with Crippen LogP contribution in [-0.2, 0) is 4.74 Å². The van der Waals surface area contributed by atoms with Crippen LogP contribution < -0.4 is 0 Å². The lowest BCUT2D eigenvalue weighted by atomic mass is 10.1. The smallest absolute Gasteiger partial charge is 0.0993 e. The molecule has 0 saturated heterocycles. The van der Waals surface area contributed by atoms with Crippen molar-refractivity contribution in [2.45, 2.75) is 13.3 Å². The van der Waals surface area contributed by atoms with Gasteiger partial charge in [0, 0.05) is 6.42 Å². The van der Waals surface area contributed by atoms with Crippen LogP contribution in [0.1, 0.15) is 13.3 Å². The van der Waals surface area contributed by atoms with Crippen molar-refractivity contribution in [2.24, 2.45) is 0 Å². The molecule has 1 aliphatic rings. The highest BCUT2D eigenvalue weighted by atomic mass is 16.5. The van der Waals surface area contributed by atoms with Gasteiger partial charge in [0.1, 0.15) is 0 Å². The second-order valence-electron chi connectivity index (χ2n) is 3.20. The Morgan fingerprint density at radius 2 is 2.07 bits per heavy atom. The van der Waals surface area contributed by atoms with Gasteiger partial charge in [-0.05, 0) is 24.1 Å². The van der Waals surface area contributed by atoms with Crippen molar-refractivity contribution in [1.82, 2.24) is 0 Å². The van der Waals surface area contributed by atoms with E-state index < -0.39 is 0 Å². The summed E-state index contributed by atoms with van der Waals surface area (Å²) in [7, 11) is 1.69. The van der Waals surface area contributed by atoms with E-state index in [0.717, 1.165) is 23.3 Å². The molecule has 1 heteroatoms. The zero-order chi connectivity index (χ0) is 10.4. The lowest BCUT2D eigenvalue weighted by Crippen LogP contribution is -1.86. The Morgan fingerprint density at radius 3 is 2.79 bits per heavy atom. The minimum absolute atomic E-state index is 0.830. The molecule has 1 rings (SSSR count). The van der Waals surface area contributed by atoms with Crippen molar-refractivity contribution >= 4 is 0 Å². The van der Waals surface area contributed by atoms with Crippen LogP contribution in [0.25, 0.3) is 0 Å². The minimum Gasteiger partial charge on any atom is -0.501 e. The summed E-state index contributed by atoms with van der Waals surface area (Å²) in [5.41, 5.74) is 2.19. The van der Waals surface area contributed by atoms with E-state index >= 15 is 0 Å². The van der Waals surface area contributed by atoms with E-state index in [9.17, 15) is 0 Å². The molecular weight excluding hydrogens is 172 g/mol. The minimum atomic E-state index is 0.830. The Bertz CT molecular complexity index is 327. The average Bonchev–Trinajstić information content (AvgIpc) is 2.20. The van der Waals surface area contributed by atoms with E-state index in [1.807, 2.05) is 37.3 Å². The highest BCUT2D eigenvalue weighted by Gasteiger charge is 1.94. The maximum absolute atomic E-state index is 5.22. The summed E-state index contributed by atoms with van der Waals surface area (Å²) in [6.07, 6.45) is 12.9. The molecule has 0 aliphatic heterocycles. The molecule has 0 spiro atoms. The van der Waals surface area contributed by atoms with E-state index in [-0.39, 0.29) is 0 Å². The van der Waals surface area contributed by atoms with Gasteiger partial charge in [0.05, 0.1) is 12.9 Å². The fourth-order valence-electron chi connectivity index (χ4n) is 1.11. The summed E-state index contributed by atoms with van der Waals surface area (Å²) in [4.78, 5) is 0. The van der Waals surface area contributed by atoms with Gasteiger partial charge in [0.15, 0.2) is 0 Å². The summed E-state index contributed by atoms with van der Waals surface area (Å²) in [6, 6.07) is 0. The summed E-state index contributed by atoms with van der Waals surface area (Å²) in [5.74, 6) is 0.962. The summed E-state index contributed by atoms with van der Waals surface area (Å²) in [5, 5.41) is 0. The maximum Gasteiger partial charge on any atom is 0.0993 e. The molecule has 0 amide bonds. The first-order valence-electron chi connectivity index (χ1n) is 4.68. The molecule has 0 atom stereocenters. The van der Waals surface area contributed by atoms with Crippen molar-refractivity contribution < 1.29 is 4.74 Å². The normalized spacial score (nSPS) is 29.4. The highest BCUT2D eigenvalue weighted by Crippen LogP contribution is 2.12. The first-order valence-corrected chi connectivity index (χ1v) is 4.68. The number of methoxy groups -OCH3 is 1. The number of rotatable bonds is 1. The highest BCUT2D eigenvalue weighted by molar-refractivity contribution is 5.39. The van der Waals surface area contributed by atoms with Gasteiger partial charge in [0.25, 0.3) is 0 Å². The molecule has 0 bridgehead atoms. The SMILES string of the molecule is C=C1/C=C\C=C/C/C(OC)=C\C=C/1C. The molecule has 0 heterocycles. The first-order chi connectivity index (χ1) is 6.74. The fraction of sp³-hybridized carbons (Fsp3) is 0.231. The predicted octanol–water partition coefficient (Wildman–Crippen LogP) is 3.54. The predicted molar refractivity (Wildman–Crippen MR) is 60.9 cm³/mol. The van der Waals surface area contributed by atoms with Crippen molar-refractivity contribution in [1.29, 1.82) is 0 Å². The van der Waals surface area contributed by atoms with E-state index in [1.165, 1.54) is 0 Å². The van der Waals surface area contributed by atoms with Crippen LogP contribution in [0.3, 0.4) is 0 Å². The third kappa shape index (κ3) is 3.09. The van der Waals surface area contributed by atoms with Crippen molar-refractivity contribution in [3.8, 4) is 0 Å². The van der Waals surface area contributed by atoms with Gasteiger partial charge in [-0.3, -0.25) is 0 Å². The van der Waals surface area contributed by atoms with Crippen LogP contribution in [0.4, 0.5) is 0 Å². The first kappa shape index (κ1) is 10.6. The lowest BCUT2D eigenvalue weighted by molar-refractivity contribution is 0.285. The molecule has 0 saturated carbocycles. The van der Waals surface area contributed by atoms with Crippen LogP contribution >= 0.6 is 0 Å². The van der Waals surface area contributed by atoms with Gasteiger partial charge in [-0.1, -0.05) is 37.0 Å². The fourth-order valence-corrected chi connectivity index (χ4v) is 1.11. The van der Waals surface area contributed by atoms with E-state index in [4.69, 9.17) is 4.74 Å². The Kier molecular flexibility index (Phi) is 3.99. The quantitative estimate of drug-likeness (QED) is 0.611. The monoisotopic (exact) mass is 188 g/mol. The zero-order valence-electron chi connectivity index (χ0n) is 8.79. The number of ether oxygens (including phenoxy) is 1. The molecule has 0 aromatic heterocycles. The van der Waals surface area contributed by atoms with Gasteiger partial charge < -0.3 is 4.74 Å². The van der Waals surface area contributed by atoms with Crippen molar-refractivity contribution in [2.75, 3.05) is 7.11 Å². The standard InChI is InChI=1S/C13H16O/c1-11-7-5-4-6-8-13(14-3)10-9-12(11)2/h4-7,9-10H,1,8H2,2-3H3/b6-4-,7-5-,12-9-,13-10+. The molecular formula is C13H16O. The second-order valence-corrected chi connectivity index (χ2v) is 3.20. The molecule has 14 heavy (non-hydrogen) atoms. The van der Waals surface area contributed by atoms with Gasteiger partial charge in [0.2, 0.25) is 0 Å². The van der Waals surface area contributed by atoms with Crippen molar-refractivity contribution in [3.05, 3.63) is 59.9 Å². The zero-order valence-corrected chi connectivity index (χ0v) is 8.79. The van der Waals surface area contributed by atoms with Crippen LogP contribution in [0.2, 0.25) is 0 Å². The average molecular weight is 188 g/mol. The summed E-state index contributed by atoms with van der Waals surface area (Å²) in [6.45, 7) is 6.00. The molecule has 1 nitrogen and oxygen atoms in total. The summed E-state index contributed by atoms with van der Waals surface area (Å²) >= 11 is 0. The Labute approximate surface area is 85.8 Å². The molecule has 1 aliphatic carbocycles. The molecule has 0 fully saturated rings. The van der Waals surface area contributed by atoms with Crippen molar-refractivity contribution in [3.63, 3.8) is 0 Å². The van der Waals surface area contributed by atoms with Crippen LogP contribution in [0.15, 0.2) is 59.9 Å². The van der Waals surface area contributed by atoms with Gasteiger partial charge in [-0.2, -0.15) is 0 Å². The molecule has 0 radical (unpaired) electrons. The molecule has 0 aromatic rings. The number of hydrogen-bond donors (Lipinski definition) is 0. The third-order valence-corrected chi connectivity index (χ3v) is 2.15. The topological polar surface area (TPSA) is 9.23 Å². The van der Waals surface area contributed by atoms with Crippen LogP contribution in [-0.4, -0.2) is 7.11 Å². The van der Waals surface area contributed by atoms with Crippen LogP contribution in [0, 0.1) is 0 Å². The Balaban J connectivity index is 2.93. The largest absolute Gasteiger partial charge is 0.501 e. The second kappa shape index (κ2) is 5.28. The van der Waals surface area contributed by atoms with E-state index in [2.05, 4.69) is 12.7 Å². The van der Waals surface area contributed by atoms with E-state index in [1.54, 1.807) is 7.11 Å². The molecule has 0 aromatic carbocycles. The molecule has 74 valence electrons. The number of allylic oxidation sites excluding steroid dienone is 8. The molecule has 0 unspecified atom stereocenters. The Morgan fingerprint density at radius 1 is 1.29 bits per heavy atom. The van der Waals surface area contributed by atoms with E-state index in [0.29, 0.717) is 0 Å². The van der Waals surface area contributed by atoms with Gasteiger partial charge in [-0.15, -0.1) is 0 Å². The maximum atomic E-state index is 5.22. The molecule has 0 N–H and O–H groups in total. The lowest BCUT2D eigenvalue weighted by Gasteiger charge is -2.03. The van der Waals surface area contributed by atoms with Gasteiger partial charge in [-0.25, -0.2) is 0 Å². The third-order valence-electron chi connectivity index (χ3n) is 2.15. The Hall–Kier alpha value is -1.50. The number of hydrogen-bond acceptors (Lipinski definition) is 1. The van der Waals surface area contributed by atoms with Gasteiger partial charge >= 0.3 is 0 Å². The summed E-state index contributed by atoms with van der Waals surface area (Å²) < 4.78 is 5.22.